The van der Waals surface area contributed by atoms with Crippen LogP contribution in [0.3, 0.4) is 0 Å². The molecule has 2 rings (SSSR count). The Morgan fingerprint density at radius 2 is 2.00 bits per heavy atom. The van der Waals surface area contributed by atoms with Crippen molar-refractivity contribution >= 4 is 33.2 Å². The minimum atomic E-state index is -2.91. The molecule has 0 unspecified atom stereocenters. The lowest BCUT2D eigenvalue weighted by molar-refractivity contribution is -0.0498. The van der Waals surface area contributed by atoms with Crippen molar-refractivity contribution in [3.8, 4) is 5.75 Å². The van der Waals surface area contributed by atoms with Crippen LogP contribution in [0, 0.1) is 0 Å². The third-order valence-corrected chi connectivity index (χ3v) is 3.25. The largest absolute Gasteiger partial charge is 0.431 e. The Bertz CT molecular complexity index is 584. The summed E-state index contributed by atoms with van der Waals surface area (Å²) in [5, 5.41) is 3.43. The molecule has 0 amide bonds. The predicted octanol–water partition coefficient (Wildman–Crippen LogP) is 4.71. The summed E-state index contributed by atoms with van der Waals surface area (Å²) in [7, 11) is 0. The first-order chi connectivity index (χ1) is 9.56. The highest BCUT2D eigenvalue weighted by Gasteiger charge is 2.14. The third kappa shape index (κ3) is 4.05. The molecule has 0 aliphatic carbocycles. The van der Waals surface area contributed by atoms with Crippen LogP contribution in [0.4, 0.5) is 14.5 Å². The van der Waals surface area contributed by atoms with Crippen LogP contribution in [-0.2, 0) is 6.54 Å². The normalized spacial score (nSPS) is 10.7. The van der Waals surface area contributed by atoms with Crippen LogP contribution >= 0.6 is 27.5 Å². The summed E-state index contributed by atoms with van der Waals surface area (Å²) in [6, 6.07) is 6.67. The molecule has 1 aromatic heterocycles. The van der Waals surface area contributed by atoms with Crippen LogP contribution in [0.2, 0.25) is 5.02 Å². The van der Waals surface area contributed by atoms with E-state index in [0.29, 0.717) is 21.7 Å². The maximum atomic E-state index is 12.4. The lowest BCUT2D eigenvalue weighted by Gasteiger charge is -2.15. The molecular weight excluding hydrogens is 354 g/mol. The first-order valence-electron chi connectivity index (χ1n) is 5.63. The van der Waals surface area contributed by atoms with Gasteiger partial charge in [0.05, 0.1) is 10.2 Å². The standard InChI is InChI=1S/C13H10BrClF2N2O/c14-10-5-9(15)6-11(12(10)20-13(16)17)19-7-8-1-3-18-4-2-8/h1-6,13,19H,7H2. The van der Waals surface area contributed by atoms with E-state index in [2.05, 4.69) is 31.0 Å². The van der Waals surface area contributed by atoms with E-state index in [4.69, 9.17) is 11.6 Å². The maximum Gasteiger partial charge on any atom is 0.387 e. The van der Waals surface area contributed by atoms with Crippen molar-refractivity contribution in [2.45, 2.75) is 13.2 Å². The predicted molar refractivity (Wildman–Crippen MR) is 77.3 cm³/mol. The molecule has 0 aliphatic rings. The number of benzene rings is 1. The average Bonchev–Trinajstić information content (AvgIpc) is 2.40. The number of pyridine rings is 1. The van der Waals surface area contributed by atoms with E-state index < -0.39 is 6.61 Å². The van der Waals surface area contributed by atoms with Crippen LogP contribution in [0.5, 0.6) is 5.75 Å². The fraction of sp³-hybridized carbons (Fsp3) is 0.154. The monoisotopic (exact) mass is 362 g/mol. The minimum Gasteiger partial charge on any atom is -0.431 e. The molecular formula is C13H10BrClF2N2O. The molecule has 7 heteroatoms. The first kappa shape index (κ1) is 15.0. The summed E-state index contributed by atoms with van der Waals surface area (Å²) in [6.45, 7) is -2.47. The maximum absolute atomic E-state index is 12.4. The van der Waals surface area contributed by atoms with Gasteiger partial charge in [0, 0.05) is 24.0 Å². The summed E-state index contributed by atoms with van der Waals surface area (Å²) in [5.41, 5.74) is 1.35. The molecule has 2 aromatic rings. The molecule has 0 atom stereocenters. The van der Waals surface area contributed by atoms with Gasteiger partial charge >= 0.3 is 6.61 Å². The summed E-state index contributed by atoms with van der Waals surface area (Å²) in [6.07, 6.45) is 3.31. The van der Waals surface area contributed by atoms with E-state index in [1.807, 2.05) is 12.1 Å². The van der Waals surface area contributed by atoms with E-state index in [1.54, 1.807) is 12.4 Å². The van der Waals surface area contributed by atoms with Crippen molar-refractivity contribution in [2.75, 3.05) is 5.32 Å². The van der Waals surface area contributed by atoms with Crippen molar-refractivity contribution in [1.29, 1.82) is 0 Å². The number of nitrogens with one attached hydrogen (secondary N) is 1. The smallest absolute Gasteiger partial charge is 0.387 e. The Hall–Kier alpha value is -1.40. The van der Waals surface area contributed by atoms with Gasteiger partial charge in [-0.2, -0.15) is 8.78 Å². The second-order valence-electron chi connectivity index (χ2n) is 3.85. The van der Waals surface area contributed by atoms with Crippen LogP contribution in [-0.4, -0.2) is 11.6 Å². The van der Waals surface area contributed by atoms with Gasteiger partial charge in [-0.1, -0.05) is 11.6 Å². The lowest BCUT2D eigenvalue weighted by Crippen LogP contribution is -2.07. The Kier molecular flexibility index (Phi) is 5.14. The van der Waals surface area contributed by atoms with Gasteiger partial charge in [0.1, 0.15) is 0 Å². The number of aromatic nitrogens is 1. The van der Waals surface area contributed by atoms with Crippen molar-refractivity contribution in [3.63, 3.8) is 0 Å². The molecule has 3 nitrogen and oxygen atoms in total. The van der Waals surface area contributed by atoms with Gasteiger partial charge in [-0.25, -0.2) is 0 Å². The molecule has 20 heavy (non-hydrogen) atoms. The zero-order chi connectivity index (χ0) is 14.5. The molecule has 106 valence electrons. The van der Waals surface area contributed by atoms with E-state index >= 15 is 0 Å². The van der Waals surface area contributed by atoms with Gasteiger partial charge in [0.2, 0.25) is 0 Å². The second-order valence-corrected chi connectivity index (χ2v) is 5.14. The Morgan fingerprint density at radius 1 is 1.30 bits per heavy atom. The summed E-state index contributed by atoms with van der Waals surface area (Å²) >= 11 is 9.08. The van der Waals surface area contributed by atoms with Crippen molar-refractivity contribution in [1.82, 2.24) is 4.98 Å². The molecule has 0 bridgehead atoms. The number of hydrogen-bond donors (Lipinski definition) is 1. The lowest BCUT2D eigenvalue weighted by atomic mass is 10.2. The van der Waals surface area contributed by atoms with Gasteiger partial charge < -0.3 is 10.1 Å². The topological polar surface area (TPSA) is 34.1 Å². The second kappa shape index (κ2) is 6.85. The van der Waals surface area contributed by atoms with Crippen LogP contribution in [0.25, 0.3) is 0 Å². The fourth-order valence-electron chi connectivity index (χ4n) is 1.60. The SMILES string of the molecule is FC(F)Oc1c(Br)cc(Cl)cc1NCc1ccncc1. The average molecular weight is 364 g/mol. The van der Waals surface area contributed by atoms with E-state index in [-0.39, 0.29) is 5.75 Å². The van der Waals surface area contributed by atoms with Crippen LogP contribution < -0.4 is 10.1 Å². The number of halogens is 4. The number of ether oxygens (including phenoxy) is 1. The number of nitrogens with zero attached hydrogens (tertiary/aromatic N) is 1. The summed E-state index contributed by atoms with van der Waals surface area (Å²) in [5.74, 6) is 0.0263. The van der Waals surface area contributed by atoms with Gasteiger partial charge in [0.15, 0.2) is 5.75 Å². The number of rotatable bonds is 5. The van der Waals surface area contributed by atoms with Gasteiger partial charge in [-0.15, -0.1) is 0 Å². The summed E-state index contributed by atoms with van der Waals surface area (Å²) in [4.78, 5) is 3.91. The number of alkyl halides is 2. The molecule has 1 heterocycles. The molecule has 0 radical (unpaired) electrons. The molecule has 0 spiro atoms. The van der Waals surface area contributed by atoms with Gasteiger partial charge in [0.25, 0.3) is 0 Å². The Morgan fingerprint density at radius 3 is 2.65 bits per heavy atom. The molecule has 0 saturated carbocycles. The van der Waals surface area contributed by atoms with Gasteiger partial charge in [-0.05, 0) is 45.8 Å². The number of anilines is 1. The fourth-order valence-corrected chi connectivity index (χ4v) is 2.50. The Balaban J connectivity index is 2.21. The van der Waals surface area contributed by atoms with Gasteiger partial charge in [-0.3, -0.25) is 4.98 Å². The summed E-state index contributed by atoms with van der Waals surface area (Å²) < 4.78 is 29.7. The molecule has 0 aliphatic heterocycles. The van der Waals surface area contributed by atoms with E-state index in [9.17, 15) is 8.78 Å². The van der Waals surface area contributed by atoms with Crippen molar-refractivity contribution in [2.24, 2.45) is 0 Å². The van der Waals surface area contributed by atoms with Crippen molar-refractivity contribution < 1.29 is 13.5 Å². The zero-order valence-corrected chi connectivity index (χ0v) is 12.5. The van der Waals surface area contributed by atoms with Crippen molar-refractivity contribution in [3.05, 3.63) is 51.7 Å². The van der Waals surface area contributed by atoms with E-state index in [1.165, 1.54) is 12.1 Å². The highest BCUT2D eigenvalue weighted by atomic mass is 79.9. The molecule has 0 fully saturated rings. The molecule has 0 saturated heterocycles. The highest BCUT2D eigenvalue weighted by Crippen LogP contribution is 2.37. The first-order valence-corrected chi connectivity index (χ1v) is 6.80. The number of hydrogen-bond acceptors (Lipinski definition) is 3. The van der Waals surface area contributed by atoms with Crippen LogP contribution in [0.1, 0.15) is 5.56 Å². The highest BCUT2D eigenvalue weighted by molar-refractivity contribution is 9.10. The third-order valence-electron chi connectivity index (χ3n) is 2.45. The molecule has 1 aromatic carbocycles. The Labute approximate surface area is 128 Å². The van der Waals surface area contributed by atoms with Crippen LogP contribution in [0.15, 0.2) is 41.1 Å². The zero-order valence-electron chi connectivity index (χ0n) is 10.1. The molecule has 1 N–H and O–H groups in total. The quantitative estimate of drug-likeness (QED) is 0.835. The van der Waals surface area contributed by atoms with E-state index in [0.717, 1.165) is 5.56 Å². The minimum absolute atomic E-state index is 0.0263.